The molecule has 3 heteroatoms. The zero-order chi connectivity index (χ0) is 16.0. The Morgan fingerprint density at radius 2 is 1.39 bits per heavy atom. The summed E-state index contributed by atoms with van der Waals surface area (Å²) in [6.45, 7) is 3.81. The first-order valence-corrected chi connectivity index (χ1v) is 8.06. The molecule has 0 radical (unpaired) electrons. The van der Waals surface area contributed by atoms with Crippen LogP contribution in [0.4, 0.5) is 0 Å². The normalized spacial score (nSPS) is 16.1. The average molecular weight is 316 g/mol. The second-order valence-corrected chi connectivity index (χ2v) is 6.46. The van der Waals surface area contributed by atoms with Crippen LogP contribution < -0.4 is 0 Å². The molecule has 0 bridgehead atoms. The van der Waals surface area contributed by atoms with E-state index in [1.54, 1.807) is 42.1 Å². The van der Waals surface area contributed by atoms with E-state index >= 15 is 0 Å². The first-order chi connectivity index (χ1) is 11.2. The van der Waals surface area contributed by atoms with E-state index in [9.17, 15) is 9.59 Å². The summed E-state index contributed by atoms with van der Waals surface area (Å²) >= 11 is 1.59. The van der Waals surface area contributed by atoms with E-state index in [0.29, 0.717) is 16.7 Å². The molecule has 0 aromatic heterocycles. The van der Waals surface area contributed by atoms with Gasteiger partial charge in [-0.2, -0.15) is 0 Å². The molecule has 2 aliphatic rings. The van der Waals surface area contributed by atoms with E-state index in [0.717, 1.165) is 15.4 Å². The smallest absolute Gasteiger partial charge is 0.198 e. The lowest BCUT2D eigenvalue weighted by Gasteiger charge is -2.18. The van der Waals surface area contributed by atoms with Crippen molar-refractivity contribution in [1.29, 1.82) is 0 Å². The second kappa shape index (κ2) is 5.21. The quantitative estimate of drug-likeness (QED) is 0.565. The standard InChI is InChI=1S/C20H12O2S/c1-2-12-11-16(13-7-5-6-10-17(13)23-12)18-19(21)14-8-3-4-9-15(14)20(18)22/h2-11H,1H2. The van der Waals surface area contributed by atoms with Gasteiger partial charge >= 0.3 is 0 Å². The van der Waals surface area contributed by atoms with Crippen LogP contribution in [0.1, 0.15) is 26.3 Å². The summed E-state index contributed by atoms with van der Waals surface area (Å²) in [6.07, 6.45) is 3.63. The fourth-order valence-electron chi connectivity index (χ4n) is 2.96. The van der Waals surface area contributed by atoms with Gasteiger partial charge in [-0.15, -0.1) is 0 Å². The van der Waals surface area contributed by atoms with Gasteiger partial charge < -0.3 is 0 Å². The fourth-order valence-corrected chi connectivity index (χ4v) is 3.91. The van der Waals surface area contributed by atoms with E-state index in [-0.39, 0.29) is 17.1 Å². The van der Waals surface area contributed by atoms with Gasteiger partial charge in [0.15, 0.2) is 11.6 Å². The predicted octanol–water partition coefficient (Wildman–Crippen LogP) is 4.70. The Morgan fingerprint density at radius 1 is 0.826 bits per heavy atom. The minimum Gasteiger partial charge on any atom is -0.288 e. The number of carbonyl (C=O) groups excluding carboxylic acids is 2. The Kier molecular flexibility index (Phi) is 3.17. The topological polar surface area (TPSA) is 34.1 Å². The SMILES string of the molecule is C=CC1=CC(=C2C(=O)c3ccccc3C2=O)c2ccccc2S1. The number of rotatable bonds is 1. The highest BCUT2D eigenvalue weighted by atomic mass is 32.2. The minimum absolute atomic E-state index is 0.193. The largest absolute Gasteiger partial charge is 0.288 e. The van der Waals surface area contributed by atoms with Crippen LogP contribution in [-0.2, 0) is 0 Å². The van der Waals surface area contributed by atoms with Crippen LogP contribution in [0, 0.1) is 0 Å². The molecule has 23 heavy (non-hydrogen) atoms. The van der Waals surface area contributed by atoms with E-state index in [2.05, 4.69) is 6.58 Å². The summed E-state index contributed by atoms with van der Waals surface area (Å²) < 4.78 is 0. The Balaban J connectivity index is 2.02. The summed E-state index contributed by atoms with van der Waals surface area (Å²) in [5.74, 6) is -0.385. The molecule has 1 aliphatic heterocycles. The lowest BCUT2D eigenvalue weighted by Crippen LogP contribution is -2.06. The summed E-state index contributed by atoms with van der Waals surface area (Å²) in [7, 11) is 0. The van der Waals surface area contributed by atoms with Crippen LogP contribution in [0.3, 0.4) is 0 Å². The van der Waals surface area contributed by atoms with E-state index < -0.39 is 0 Å². The maximum absolute atomic E-state index is 12.8. The molecule has 110 valence electrons. The molecular weight excluding hydrogens is 304 g/mol. The Hall–Kier alpha value is -2.65. The van der Waals surface area contributed by atoms with Crippen LogP contribution in [-0.4, -0.2) is 11.6 Å². The van der Waals surface area contributed by atoms with Gasteiger partial charge in [-0.3, -0.25) is 9.59 Å². The molecule has 1 heterocycles. The van der Waals surface area contributed by atoms with Crippen LogP contribution in [0.25, 0.3) is 5.57 Å². The molecule has 0 saturated carbocycles. The molecular formula is C20H12O2S. The number of ketones is 2. The minimum atomic E-state index is -0.193. The summed E-state index contributed by atoms with van der Waals surface area (Å²) in [4.78, 5) is 27.5. The van der Waals surface area contributed by atoms with Gasteiger partial charge in [0.1, 0.15) is 0 Å². The van der Waals surface area contributed by atoms with Crippen molar-refractivity contribution in [3.8, 4) is 0 Å². The summed E-state index contributed by atoms with van der Waals surface area (Å²) in [5, 5.41) is 0. The maximum Gasteiger partial charge on any atom is 0.198 e. The van der Waals surface area contributed by atoms with Gasteiger partial charge in [-0.1, -0.05) is 66.9 Å². The average Bonchev–Trinajstić information content (AvgIpc) is 2.85. The van der Waals surface area contributed by atoms with Crippen molar-refractivity contribution in [1.82, 2.24) is 0 Å². The summed E-state index contributed by atoms with van der Waals surface area (Å²) in [6, 6.07) is 14.8. The highest BCUT2D eigenvalue weighted by molar-refractivity contribution is 8.03. The van der Waals surface area contributed by atoms with Gasteiger partial charge in [0, 0.05) is 20.9 Å². The molecule has 0 unspecified atom stereocenters. The van der Waals surface area contributed by atoms with Crippen LogP contribution in [0.2, 0.25) is 0 Å². The van der Waals surface area contributed by atoms with E-state index in [4.69, 9.17) is 0 Å². The number of thioether (sulfide) groups is 1. The third-order valence-corrected chi connectivity index (χ3v) is 5.13. The number of benzene rings is 2. The molecule has 0 fully saturated rings. The van der Waals surface area contributed by atoms with Crippen molar-refractivity contribution in [3.63, 3.8) is 0 Å². The summed E-state index contributed by atoms with van der Waals surface area (Å²) in [5.41, 5.74) is 2.86. The molecule has 2 aromatic rings. The molecule has 0 spiro atoms. The van der Waals surface area contributed by atoms with Crippen molar-refractivity contribution >= 4 is 28.9 Å². The highest BCUT2D eigenvalue weighted by Gasteiger charge is 2.36. The van der Waals surface area contributed by atoms with Crippen molar-refractivity contribution in [2.45, 2.75) is 4.90 Å². The van der Waals surface area contributed by atoms with E-state index in [1.807, 2.05) is 30.3 Å². The lowest BCUT2D eigenvalue weighted by atomic mass is 9.95. The molecule has 4 rings (SSSR count). The van der Waals surface area contributed by atoms with Gasteiger partial charge in [-0.25, -0.2) is 0 Å². The Labute approximate surface area is 138 Å². The van der Waals surface area contributed by atoms with Crippen molar-refractivity contribution < 1.29 is 9.59 Å². The van der Waals surface area contributed by atoms with Gasteiger partial charge in [0.2, 0.25) is 0 Å². The number of allylic oxidation sites excluding steroid dienone is 4. The molecule has 0 amide bonds. The zero-order valence-electron chi connectivity index (χ0n) is 12.2. The van der Waals surface area contributed by atoms with Crippen molar-refractivity contribution in [3.05, 3.63) is 94.4 Å². The number of hydrogen-bond acceptors (Lipinski definition) is 3. The molecule has 2 aromatic carbocycles. The maximum atomic E-state index is 12.8. The number of Topliss-reactive ketones (excluding diaryl/α,β-unsaturated/α-hetero) is 2. The van der Waals surface area contributed by atoms with Crippen LogP contribution in [0.5, 0.6) is 0 Å². The van der Waals surface area contributed by atoms with Crippen LogP contribution >= 0.6 is 11.8 Å². The predicted molar refractivity (Wildman–Crippen MR) is 92.6 cm³/mol. The number of hydrogen-bond donors (Lipinski definition) is 0. The van der Waals surface area contributed by atoms with Crippen molar-refractivity contribution in [2.24, 2.45) is 0 Å². The molecule has 2 nitrogen and oxygen atoms in total. The van der Waals surface area contributed by atoms with Crippen LogP contribution in [0.15, 0.2) is 82.6 Å². The first-order valence-electron chi connectivity index (χ1n) is 7.25. The Morgan fingerprint density at radius 3 is 2.00 bits per heavy atom. The zero-order valence-corrected chi connectivity index (χ0v) is 13.0. The molecule has 1 aliphatic carbocycles. The third-order valence-electron chi connectivity index (χ3n) is 4.03. The third kappa shape index (κ3) is 2.05. The van der Waals surface area contributed by atoms with Gasteiger partial charge in [0.05, 0.1) is 5.57 Å². The number of carbonyl (C=O) groups is 2. The van der Waals surface area contributed by atoms with Gasteiger partial charge in [-0.05, 0) is 23.3 Å². The van der Waals surface area contributed by atoms with Gasteiger partial charge in [0.25, 0.3) is 0 Å². The number of fused-ring (bicyclic) bond motifs is 2. The lowest BCUT2D eigenvalue weighted by molar-refractivity contribution is 0.0990. The molecule has 0 atom stereocenters. The van der Waals surface area contributed by atoms with Crippen molar-refractivity contribution in [2.75, 3.05) is 0 Å². The van der Waals surface area contributed by atoms with E-state index in [1.165, 1.54) is 0 Å². The fraction of sp³-hybridized carbons (Fsp3) is 0. The molecule has 0 N–H and O–H groups in total. The highest BCUT2D eigenvalue weighted by Crippen LogP contribution is 2.43. The first kappa shape index (κ1) is 14.0. The molecule has 0 saturated heterocycles. The monoisotopic (exact) mass is 316 g/mol. The Bertz CT molecular complexity index is 911. The second-order valence-electron chi connectivity index (χ2n) is 5.34.